The quantitative estimate of drug-likeness (QED) is 0.0431. The molecule has 0 amide bonds. The molecule has 16 aromatic carbocycles. The Kier molecular flexibility index (Phi) is 21.1. The van der Waals surface area contributed by atoms with Gasteiger partial charge in [-0.2, -0.15) is 21.0 Å². The van der Waals surface area contributed by atoms with E-state index in [2.05, 4.69) is 315 Å². The average Bonchev–Trinajstić information content (AvgIpc) is 0.726. The molecule has 4 heteroatoms. The van der Waals surface area contributed by atoms with E-state index in [9.17, 15) is 21.0 Å². The number of allylic oxidation sites excluding steroid dienone is 4. The summed E-state index contributed by atoms with van der Waals surface area (Å²) < 4.78 is 0. The summed E-state index contributed by atoms with van der Waals surface area (Å²) in [5, 5.41) is 43.9. The van der Waals surface area contributed by atoms with Crippen molar-refractivity contribution in [1.82, 2.24) is 0 Å². The van der Waals surface area contributed by atoms with Crippen molar-refractivity contribution >= 4 is 44.6 Å². The zero-order valence-corrected chi connectivity index (χ0v) is 61.9. The summed E-state index contributed by atoms with van der Waals surface area (Å²) in [7, 11) is 0. The molecule has 113 heavy (non-hydrogen) atoms. The molecule has 0 saturated carbocycles. The molecular formula is C109H72N4. The van der Waals surface area contributed by atoms with Crippen LogP contribution in [-0.4, -0.2) is 0 Å². The molecule has 0 atom stereocenters. The first-order valence-electron chi connectivity index (χ1n) is 37.8. The first-order valence-corrected chi connectivity index (χ1v) is 37.8. The fourth-order valence-corrected chi connectivity index (χ4v) is 15.7. The Morgan fingerprint density at radius 3 is 0.389 bits per heavy atom. The van der Waals surface area contributed by atoms with Gasteiger partial charge in [0.2, 0.25) is 0 Å². The first kappa shape index (κ1) is 71.7. The summed E-state index contributed by atoms with van der Waals surface area (Å²) in [6, 6.07) is 161. The molecule has 16 rings (SSSR count). The fraction of sp³-hybridized carbons (Fsp3) is 0.00917. The number of rotatable bonds is 20. The monoisotopic (exact) mass is 1440 g/mol. The largest absolute Gasteiger partial charge is 0.192 e. The second-order valence-electron chi connectivity index (χ2n) is 27.7. The van der Waals surface area contributed by atoms with Gasteiger partial charge in [0.15, 0.2) is 0 Å². The van der Waals surface area contributed by atoms with E-state index in [0.717, 1.165) is 156 Å². The predicted molar refractivity (Wildman–Crippen MR) is 464 cm³/mol. The molecule has 0 spiro atoms. The molecule has 0 aliphatic carbocycles. The van der Waals surface area contributed by atoms with Crippen LogP contribution in [0.5, 0.6) is 0 Å². The van der Waals surface area contributed by atoms with Gasteiger partial charge in [-0.15, -0.1) is 0 Å². The summed E-state index contributed by atoms with van der Waals surface area (Å²) in [5.74, 6) is 0. The van der Waals surface area contributed by atoms with Crippen molar-refractivity contribution in [3.63, 3.8) is 0 Å². The summed E-state index contributed by atoms with van der Waals surface area (Å²) in [6.07, 6.45) is 0. The molecule has 0 fully saturated rings. The lowest BCUT2D eigenvalue weighted by Gasteiger charge is -2.37. The number of hydrogen-bond acceptors (Lipinski definition) is 4. The van der Waals surface area contributed by atoms with Crippen LogP contribution in [0, 0.1) is 45.3 Å². The summed E-state index contributed by atoms with van der Waals surface area (Å²) in [5.41, 5.74) is 28.1. The molecule has 0 saturated heterocycles. The van der Waals surface area contributed by atoms with Crippen LogP contribution in [0.25, 0.3) is 89.1 Å². The highest BCUT2D eigenvalue weighted by molar-refractivity contribution is 6.07. The standard InChI is InChI=1S/C109H72N4/c110-73-101(105(89-25-9-1-10-26-89)90-27-11-2-12-28-90)85-49-41-77(42-50-85)81-57-65-97(66-58-81)109(98-67-59-82(60-68-98)78-43-51-86(52-44-78)102(74-111)106(91-29-13-3-14-30-91)92-31-15-4-16-32-92,99-69-61-83(62-70-99)79-45-53-87(54-46-79)103(75-112)107(93-33-17-5-18-34-93)94-35-19-6-20-36-94)100-71-63-84(64-72-100)80-47-55-88(56-48-80)104(76-113)108(95-37-21-7-22-38-95)96-39-23-8-24-40-96/h1-72H. The molecule has 0 unspecified atom stereocenters. The molecular weight excluding hydrogens is 1370 g/mol. The Morgan fingerprint density at radius 1 is 0.142 bits per heavy atom. The Hall–Kier alpha value is -15.6. The molecule has 0 heterocycles. The minimum atomic E-state index is -0.944. The van der Waals surface area contributed by atoms with Crippen LogP contribution in [0.3, 0.4) is 0 Å². The Bertz CT molecular complexity index is 5370. The van der Waals surface area contributed by atoms with Gasteiger partial charge in [-0.1, -0.05) is 437 Å². The van der Waals surface area contributed by atoms with Gasteiger partial charge < -0.3 is 0 Å². The number of nitriles is 4. The van der Waals surface area contributed by atoms with Gasteiger partial charge in [-0.3, -0.25) is 0 Å². The van der Waals surface area contributed by atoms with E-state index in [1.165, 1.54) is 0 Å². The highest BCUT2D eigenvalue weighted by Gasteiger charge is 2.39. The van der Waals surface area contributed by atoms with Crippen LogP contribution in [0.1, 0.15) is 89.0 Å². The van der Waals surface area contributed by atoms with E-state index in [1.807, 2.05) is 146 Å². The Morgan fingerprint density at radius 2 is 0.265 bits per heavy atom. The van der Waals surface area contributed by atoms with E-state index in [-0.39, 0.29) is 0 Å². The second kappa shape index (κ2) is 33.3. The van der Waals surface area contributed by atoms with Crippen LogP contribution >= 0.6 is 0 Å². The molecule has 16 aromatic rings. The molecule has 528 valence electrons. The molecule has 0 aliphatic rings. The van der Waals surface area contributed by atoms with Gasteiger partial charge >= 0.3 is 0 Å². The van der Waals surface area contributed by atoms with Crippen LogP contribution in [0.15, 0.2) is 437 Å². The minimum Gasteiger partial charge on any atom is -0.192 e. The molecule has 0 bridgehead atoms. The third-order valence-corrected chi connectivity index (χ3v) is 21.2. The molecule has 0 radical (unpaired) electrons. The zero-order chi connectivity index (χ0) is 76.7. The van der Waals surface area contributed by atoms with Crippen LogP contribution < -0.4 is 0 Å². The lowest BCUT2D eigenvalue weighted by molar-refractivity contribution is 0.745. The van der Waals surface area contributed by atoms with Gasteiger partial charge in [-0.25, -0.2) is 0 Å². The van der Waals surface area contributed by atoms with Crippen molar-refractivity contribution in [2.75, 3.05) is 0 Å². The summed E-state index contributed by atoms with van der Waals surface area (Å²) in [6.45, 7) is 0. The van der Waals surface area contributed by atoms with Crippen LogP contribution in [0.4, 0.5) is 0 Å². The van der Waals surface area contributed by atoms with Gasteiger partial charge in [0.05, 0.1) is 27.7 Å². The lowest BCUT2D eigenvalue weighted by Crippen LogP contribution is -2.31. The first-order chi connectivity index (χ1) is 55.9. The van der Waals surface area contributed by atoms with E-state index in [0.29, 0.717) is 22.3 Å². The third kappa shape index (κ3) is 14.9. The van der Waals surface area contributed by atoms with E-state index in [1.54, 1.807) is 0 Å². The zero-order valence-electron chi connectivity index (χ0n) is 61.9. The van der Waals surface area contributed by atoms with Gasteiger partial charge in [-0.05, 0) is 134 Å². The topological polar surface area (TPSA) is 95.2 Å². The highest BCUT2D eigenvalue weighted by Crippen LogP contribution is 2.48. The maximum Gasteiger partial charge on any atom is 0.100 e. The third-order valence-electron chi connectivity index (χ3n) is 21.2. The molecule has 0 aromatic heterocycles. The van der Waals surface area contributed by atoms with Crippen molar-refractivity contribution < 1.29 is 0 Å². The minimum absolute atomic E-state index is 0.591. The van der Waals surface area contributed by atoms with Crippen molar-refractivity contribution in [3.05, 3.63) is 526 Å². The molecule has 0 aliphatic heterocycles. The number of nitrogens with zero attached hydrogens (tertiary/aromatic N) is 4. The summed E-state index contributed by atoms with van der Waals surface area (Å²) >= 11 is 0. The van der Waals surface area contributed by atoms with Crippen molar-refractivity contribution in [3.8, 4) is 68.8 Å². The fourth-order valence-electron chi connectivity index (χ4n) is 15.7. The highest BCUT2D eigenvalue weighted by atomic mass is 14.4. The Labute approximate surface area is 661 Å². The van der Waals surface area contributed by atoms with E-state index >= 15 is 0 Å². The maximum atomic E-state index is 11.0. The van der Waals surface area contributed by atoms with Crippen LogP contribution in [0.2, 0.25) is 0 Å². The van der Waals surface area contributed by atoms with E-state index in [4.69, 9.17) is 0 Å². The lowest BCUT2D eigenvalue weighted by atomic mass is 9.64. The van der Waals surface area contributed by atoms with Crippen molar-refractivity contribution in [2.45, 2.75) is 5.41 Å². The van der Waals surface area contributed by atoms with Gasteiger partial charge in [0.1, 0.15) is 24.3 Å². The second-order valence-corrected chi connectivity index (χ2v) is 27.7. The SMILES string of the molecule is N#CC(=C(c1ccccc1)c1ccccc1)c1ccc(-c2ccc(C(c3ccc(-c4ccc(C(C#N)=C(c5ccccc5)c5ccccc5)cc4)cc3)(c3ccc(-c4ccc(C(C#N)=C(c5ccccc5)c5ccccc5)cc4)cc3)c3ccc(-c4ccc(C(C#N)=C(c5ccccc5)c5ccccc5)cc4)cc3)cc2)cc1. The van der Waals surface area contributed by atoms with Gasteiger partial charge in [0, 0.05) is 22.3 Å². The molecule has 4 nitrogen and oxygen atoms in total. The summed E-state index contributed by atoms with van der Waals surface area (Å²) in [4.78, 5) is 0. The maximum absolute atomic E-state index is 11.0. The van der Waals surface area contributed by atoms with Crippen LogP contribution in [-0.2, 0) is 5.41 Å². The van der Waals surface area contributed by atoms with Crippen molar-refractivity contribution in [2.24, 2.45) is 0 Å². The smallest absolute Gasteiger partial charge is 0.100 e. The average molecular weight is 1440 g/mol. The van der Waals surface area contributed by atoms with Crippen molar-refractivity contribution in [1.29, 1.82) is 21.0 Å². The Balaban J connectivity index is 0.832. The normalized spacial score (nSPS) is 10.8. The molecule has 0 N–H and O–H groups in total. The predicted octanol–water partition coefficient (Wildman–Crippen LogP) is 26.7. The van der Waals surface area contributed by atoms with E-state index < -0.39 is 5.41 Å². The van der Waals surface area contributed by atoms with Gasteiger partial charge in [0.25, 0.3) is 0 Å². The number of hydrogen-bond donors (Lipinski definition) is 0. The number of benzene rings is 16.